The van der Waals surface area contributed by atoms with Crippen LogP contribution in [0.5, 0.6) is 0 Å². The van der Waals surface area contributed by atoms with Crippen LogP contribution in [0, 0.1) is 5.41 Å². The molecule has 0 bridgehead atoms. The van der Waals surface area contributed by atoms with E-state index in [1.807, 2.05) is 6.08 Å². The van der Waals surface area contributed by atoms with Gasteiger partial charge in [-0.3, -0.25) is 9.69 Å². The molecule has 1 N–H and O–H groups in total. The Morgan fingerprint density at radius 2 is 2.00 bits per heavy atom. The van der Waals surface area contributed by atoms with Gasteiger partial charge in [0.05, 0.1) is 11.6 Å². The van der Waals surface area contributed by atoms with E-state index in [-0.39, 0.29) is 22.4 Å². The van der Waals surface area contributed by atoms with Crippen LogP contribution >= 0.6 is 0 Å². The molecule has 2 aliphatic carbocycles. The Hall–Kier alpha value is -1.35. The van der Waals surface area contributed by atoms with E-state index in [9.17, 15) is 4.79 Å². The molecule has 0 aromatic heterocycles. The minimum Gasteiger partial charge on any atom is -0.345 e. The van der Waals surface area contributed by atoms with E-state index < -0.39 is 0 Å². The number of carbonyl (C=O) groups is 1. The third-order valence-electron chi connectivity index (χ3n) is 7.68. The van der Waals surface area contributed by atoms with Crippen LogP contribution in [0.4, 0.5) is 0 Å². The Balaban J connectivity index is 1.72. The number of hydrogen-bond acceptors (Lipinski definition) is 2. The molecule has 2 fully saturated rings. The Kier molecular flexibility index (Phi) is 4.98. The SMILES string of the molecule is CCC1(C)C(C)(NC(=O)/C=C/C2=CCCCC/C=C\2)C2N(C(C)C)C21C. The smallest absolute Gasteiger partial charge is 0.244 e. The number of nitrogens with zero attached hydrogens (tertiary/aromatic N) is 1. The van der Waals surface area contributed by atoms with Crippen LogP contribution in [-0.4, -0.2) is 34.0 Å². The summed E-state index contributed by atoms with van der Waals surface area (Å²) in [6.07, 6.45) is 16.1. The van der Waals surface area contributed by atoms with Gasteiger partial charge < -0.3 is 5.32 Å². The lowest BCUT2D eigenvalue weighted by Crippen LogP contribution is -2.74. The maximum atomic E-state index is 12.7. The van der Waals surface area contributed by atoms with Gasteiger partial charge in [0.1, 0.15) is 0 Å². The summed E-state index contributed by atoms with van der Waals surface area (Å²) in [4.78, 5) is 15.3. The molecule has 5 atom stereocenters. The van der Waals surface area contributed by atoms with Gasteiger partial charge >= 0.3 is 0 Å². The van der Waals surface area contributed by atoms with Crippen molar-refractivity contribution in [2.45, 2.75) is 96.8 Å². The lowest BCUT2D eigenvalue weighted by molar-refractivity contribution is -0.123. The normalized spacial score (nSPS) is 43.1. The minimum absolute atomic E-state index is 0.0289. The van der Waals surface area contributed by atoms with Crippen LogP contribution in [-0.2, 0) is 4.79 Å². The molecule has 3 rings (SSSR count). The topological polar surface area (TPSA) is 32.1 Å². The van der Waals surface area contributed by atoms with Gasteiger partial charge in [0.2, 0.25) is 5.91 Å². The molecule has 1 amide bonds. The summed E-state index contributed by atoms with van der Waals surface area (Å²) >= 11 is 0. The van der Waals surface area contributed by atoms with E-state index in [0.717, 1.165) is 24.8 Å². The first-order chi connectivity index (χ1) is 12.2. The monoisotopic (exact) mass is 356 g/mol. The molecule has 26 heavy (non-hydrogen) atoms. The molecule has 144 valence electrons. The van der Waals surface area contributed by atoms with E-state index in [2.05, 4.69) is 70.0 Å². The average molecular weight is 357 g/mol. The average Bonchev–Trinajstić information content (AvgIpc) is 3.18. The molecule has 3 nitrogen and oxygen atoms in total. The molecule has 1 saturated carbocycles. The highest BCUT2D eigenvalue weighted by Gasteiger charge is 2.88. The first kappa shape index (κ1) is 19.4. The highest BCUT2D eigenvalue weighted by atomic mass is 16.1. The van der Waals surface area contributed by atoms with Gasteiger partial charge in [-0.05, 0) is 71.4 Å². The molecule has 1 heterocycles. The summed E-state index contributed by atoms with van der Waals surface area (Å²) in [5.74, 6) is 0.0289. The van der Waals surface area contributed by atoms with Crippen molar-refractivity contribution in [2.75, 3.05) is 0 Å². The van der Waals surface area contributed by atoms with Crippen molar-refractivity contribution in [2.24, 2.45) is 5.41 Å². The quantitative estimate of drug-likeness (QED) is 0.569. The number of carbonyl (C=O) groups excluding carboxylic acids is 1. The van der Waals surface area contributed by atoms with Crippen LogP contribution in [0.1, 0.15) is 73.6 Å². The molecule has 0 spiro atoms. The second kappa shape index (κ2) is 6.67. The fourth-order valence-electron chi connectivity index (χ4n) is 5.91. The van der Waals surface area contributed by atoms with Crippen molar-refractivity contribution in [3.63, 3.8) is 0 Å². The van der Waals surface area contributed by atoms with E-state index in [1.165, 1.54) is 12.8 Å². The number of rotatable bonds is 5. The Morgan fingerprint density at radius 1 is 1.31 bits per heavy atom. The van der Waals surface area contributed by atoms with Gasteiger partial charge in [-0.2, -0.15) is 0 Å². The minimum atomic E-state index is -0.173. The molecule has 0 radical (unpaired) electrons. The molecular weight excluding hydrogens is 320 g/mol. The first-order valence-corrected chi connectivity index (χ1v) is 10.4. The summed E-state index contributed by atoms with van der Waals surface area (Å²) in [6, 6.07) is 0.952. The van der Waals surface area contributed by atoms with Crippen LogP contribution in [0.25, 0.3) is 0 Å². The highest BCUT2D eigenvalue weighted by molar-refractivity contribution is 5.89. The van der Waals surface area contributed by atoms with E-state index in [4.69, 9.17) is 0 Å². The standard InChI is InChI=1S/C23H36N2O/c1-7-21(4)22(5,20-23(21,6)25(20)17(2)3)24-19(26)16-15-18-13-11-9-8-10-12-14-18/h11,13-17,20H,7-10,12H2,1-6H3,(H,24,26)/b13-11-,16-15+,18-14?. The summed E-state index contributed by atoms with van der Waals surface area (Å²) < 4.78 is 0. The number of fused-ring (bicyclic) bond motifs is 1. The maximum absolute atomic E-state index is 12.7. The largest absolute Gasteiger partial charge is 0.345 e. The van der Waals surface area contributed by atoms with Gasteiger partial charge in [0.15, 0.2) is 0 Å². The molecule has 1 saturated heterocycles. The van der Waals surface area contributed by atoms with E-state index >= 15 is 0 Å². The molecule has 0 aromatic rings. The Labute approximate surface area is 159 Å². The zero-order valence-corrected chi connectivity index (χ0v) is 17.4. The summed E-state index contributed by atoms with van der Waals surface area (Å²) in [6.45, 7) is 13.7. The van der Waals surface area contributed by atoms with Gasteiger partial charge in [0, 0.05) is 23.1 Å². The highest BCUT2D eigenvalue weighted by Crippen LogP contribution is 2.74. The van der Waals surface area contributed by atoms with Crippen molar-refractivity contribution in [1.82, 2.24) is 10.2 Å². The molecule has 5 unspecified atom stereocenters. The van der Waals surface area contributed by atoms with Crippen LogP contribution in [0.3, 0.4) is 0 Å². The van der Waals surface area contributed by atoms with Gasteiger partial charge in [-0.25, -0.2) is 0 Å². The van der Waals surface area contributed by atoms with Crippen molar-refractivity contribution in [3.05, 3.63) is 36.0 Å². The molecule has 0 aromatic carbocycles. The molecule has 1 aliphatic heterocycles. The number of likely N-dealkylation sites (tertiary alicyclic amines) is 1. The fraction of sp³-hybridized carbons (Fsp3) is 0.696. The third kappa shape index (κ3) is 2.62. The van der Waals surface area contributed by atoms with Crippen molar-refractivity contribution >= 4 is 5.91 Å². The van der Waals surface area contributed by atoms with E-state index in [1.54, 1.807) is 6.08 Å². The molecule has 3 aliphatic rings. The Bertz CT molecular complexity index is 661. The van der Waals surface area contributed by atoms with Gasteiger partial charge in [0.25, 0.3) is 0 Å². The summed E-state index contributed by atoms with van der Waals surface area (Å²) in [5.41, 5.74) is 1.29. The second-order valence-corrected chi connectivity index (χ2v) is 9.15. The molecule has 3 heteroatoms. The lowest BCUT2D eigenvalue weighted by Gasteiger charge is -2.58. The van der Waals surface area contributed by atoms with Crippen LogP contribution in [0.15, 0.2) is 36.0 Å². The van der Waals surface area contributed by atoms with Crippen LogP contribution < -0.4 is 5.32 Å². The number of nitrogens with one attached hydrogen (secondary N) is 1. The number of hydrogen-bond donors (Lipinski definition) is 1. The van der Waals surface area contributed by atoms with Gasteiger partial charge in [-0.1, -0.05) is 32.1 Å². The van der Waals surface area contributed by atoms with Crippen molar-refractivity contribution in [1.29, 1.82) is 0 Å². The maximum Gasteiger partial charge on any atom is 0.244 e. The van der Waals surface area contributed by atoms with Crippen LogP contribution in [0.2, 0.25) is 0 Å². The number of amides is 1. The zero-order chi connectivity index (χ0) is 19.2. The van der Waals surface area contributed by atoms with E-state index in [0.29, 0.717) is 12.1 Å². The predicted molar refractivity (Wildman–Crippen MR) is 109 cm³/mol. The Morgan fingerprint density at radius 3 is 2.65 bits per heavy atom. The first-order valence-electron chi connectivity index (χ1n) is 10.4. The third-order valence-corrected chi connectivity index (χ3v) is 7.68. The lowest BCUT2D eigenvalue weighted by atomic mass is 9.49. The van der Waals surface area contributed by atoms with Crippen molar-refractivity contribution in [3.8, 4) is 0 Å². The zero-order valence-electron chi connectivity index (χ0n) is 17.4. The predicted octanol–water partition coefficient (Wildman–Crippen LogP) is 4.76. The van der Waals surface area contributed by atoms with Gasteiger partial charge in [-0.15, -0.1) is 0 Å². The summed E-state index contributed by atoms with van der Waals surface area (Å²) in [7, 11) is 0. The molecular formula is C23H36N2O. The number of allylic oxidation sites excluding steroid dienone is 5. The van der Waals surface area contributed by atoms with Crippen molar-refractivity contribution < 1.29 is 4.79 Å². The fourth-order valence-corrected chi connectivity index (χ4v) is 5.91. The summed E-state index contributed by atoms with van der Waals surface area (Å²) in [5, 5.41) is 3.38. The second-order valence-electron chi connectivity index (χ2n) is 9.15.